The van der Waals surface area contributed by atoms with E-state index in [1.54, 1.807) is 14.2 Å². The van der Waals surface area contributed by atoms with Gasteiger partial charge in [-0.1, -0.05) is 76.8 Å². The molecule has 3 aromatic carbocycles. The van der Waals surface area contributed by atoms with E-state index in [-0.39, 0.29) is 0 Å². The Labute approximate surface area is 454 Å². The van der Waals surface area contributed by atoms with Gasteiger partial charge in [0.15, 0.2) is 21.5 Å². The summed E-state index contributed by atoms with van der Waals surface area (Å²) in [6.07, 6.45) is 3.67. The molecule has 0 fully saturated rings. The van der Waals surface area contributed by atoms with Gasteiger partial charge in [-0.25, -0.2) is 0 Å². The highest BCUT2D eigenvalue weighted by Gasteiger charge is 2.55. The molecule has 0 amide bonds. The second-order valence-electron chi connectivity index (χ2n) is 17.5. The average Bonchev–Trinajstić information content (AvgIpc) is 4.30. The summed E-state index contributed by atoms with van der Waals surface area (Å²) in [6.45, 7) is 1.49. The first-order chi connectivity index (χ1) is 36.8. The van der Waals surface area contributed by atoms with Gasteiger partial charge in [0.25, 0.3) is 0 Å². The fourth-order valence-electron chi connectivity index (χ4n) is 9.38. The van der Waals surface area contributed by atoms with Crippen LogP contribution in [0.15, 0.2) is 127 Å². The number of thiophene rings is 4. The van der Waals surface area contributed by atoms with Crippen LogP contribution >= 0.6 is 68.8 Å². The lowest BCUT2D eigenvalue weighted by molar-refractivity contribution is -0.360. The average molecular weight is 1120 g/mol. The molecule has 0 bridgehead atoms. The monoisotopic (exact) mass is 1110 g/mol. The van der Waals surface area contributed by atoms with Gasteiger partial charge in [-0.2, -0.15) is 17.5 Å². The van der Waals surface area contributed by atoms with Crippen molar-refractivity contribution in [1.82, 2.24) is 22.0 Å². The fourth-order valence-corrected chi connectivity index (χ4v) is 14.5. The molecular formula is C54H45BF2N6O6S6. The van der Waals surface area contributed by atoms with Gasteiger partial charge >= 0.3 is 6.97 Å². The first-order valence-corrected chi connectivity index (χ1v) is 28.7. The van der Waals surface area contributed by atoms with E-state index in [2.05, 4.69) is 12.1 Å². The smallest absolute Gasteiger partial charge is 0.482 e. The van der Waals surface area contributed by atoms with Gasteiger partial charge < -0.3 is 46.0 Å². The first-order valence-electron chi connectivity index (χ1n) is 24.0. The minimum absolute atomic E-state index is 0.429. The van der Waals surface area contributed by atoms with Crippen molar-refractivity contribution >= 4 is 109 Å². The number of methoxy groups -OCH3 is 2. The molecule has 2 aliphatic heterocycles. The van der Waals surface area contributed by atoms with E-state index in [9.17, 15) is 0 Å². The Bertz CT molecular complexity index is 3810. The fraction of sp³-hybridized carbons (Fsp3) is 0.204. The normalized spacial score (nSPS) is 14.0. The van der Waals surface area contributed by atoms with Crippen molar-refractivity contribution < 1.29 is 41.5 Å². The van der Waals surface area contributed by atoms with E-state index in [4.69, 9.17) is 45.9 Å². The number of nitrogens with zero attached hydrogens (tertiary/aromatic N) is 6. The van der Waals surface area contributed by atoms with E-state index < -0.39 is 6.97 Å². The zero-order valence-corrected chi connectivity index (χ0v) is 45.5. The lowest BCUT2D eigenvalue weighted by atomic mass is 9.85. The molecule has 2 aliphatic rings. The maximum Gasteiger partial charge on any atom is 0.737 e. The summed E-state index contributed by atoms with van der Waals surface area (Å²) in [5.74, 6) is 0. The van der Waals surface area contributed by atoms with E-state index in [0.717, 1.165) is 114 Å². The number of benzene rings is 3. The molecule has 12 rings (SSSR count). The summed E-state index contributed by atoms with van der Waals surface area (Å²) >= 11 is 8.31. The van der Waals surface area contributed by atoms with Gasteiger partial charge in [-0.3, -0.25) is 0 Å². The van der Waals surface area contributed by atoms with Crippen LogP contribution < -0.4 is 9.47 Å². The van der Waals surface area contributed by atoms with Crippen molar-refractivity contribution in [2.75, 3.05) is 67.1 Å². The molecule has 10 aromatic rings. The minimum atomic E-state index is -4.43. The summed E-state index contributed by atoms with van der Waals surface area (Å²) in [4.78, 5) is 5.23. The third kappa shape index (κ3) is 9.53. The number of hydrogen-bond donors (Lipinski definition) is 0. The standard InChI is InChI=1S/C54H45BF2N6O6S6/c1-32-4-6-33(7-5-32)50-40-14-12-38(46-18-16-42(70-46)34-8-10-36(53-51(34)58-74-60-53)44-20-22-48(72-44)68-30-28-66-26-24-64-2)62(40)55(56,57)63-39(13-15-41(50)63)47-19-17-43(71-47)35-9-11-37(54-52(35)59-75-61-54)45-21-23-49(73-45)69-31-29-67-27-25-65-3/h4-23H,24-31H2,1-3H3. The molecule has 0 unspecified atom stereocenters. The van der Waals surface area contributed by atoms with Gasteiger partial charge in [0, 0.05) is 84.4 Å². The number of rotatable bonds is 21. The van der Waals surface area contributed by atoms with Crippen LogP contribution in [-0.2, 0) is 18.9 Å². The van der Waals surface area contributed by atoms with Gasteiger partial charge in [0.05, 0.1) is 73.5 Å². The third-order valence-corrected chi connectivity index (χ3v) is 18.3. The van der Waals surface area contributed by atoms with Gasteiger partial charge in [0.2, 0.25) is 0 Å². The van der Waals surface area contributed by atoms with Gasteiger partial charge in [-0.15, -0.1) is 22.7 Å². The molecule has 75 heavy (non-hydrogen) atoms. The molecule has 0 aliphatic carbocycles. The predicted octanol–water partition coefficient (Wildman–Crippen LogP) is 13.5. The molecule has 0 saturated carbocycles. The summed E-state index contributed by atoms with van der Waals surface area (Å²) in [5, 5.41) is 1.56. The number of ether oxygens (including phenoxy) is 6. The van der Waals surface area contributed by atoms with Crippen LogP contribution in [0.4, 0.5) is 8.63 Å². The Hall–Kier alpha value is -6.11. The number of allylic oxidation sites excluding steroid dienone is 2. The number of hydrogen-bond acceptors (Lipinski definition) is 16. The Morgan fingerprint density at radius 1 is 0.480 bits per heavy atom. The zero-order valence-electron chi connectivity index (χ0n) is 40.6. The van der Waals surface area contributed by atoms with E-state index in [0.29, 0.717) is 85.4 Å². The van der Waals surface area contributed by atoms with E-state index in [1.165, 1.54) is 54.3 Å². The topological polar surface area (TPSA) is 115 Å². The van der Waals surface area contributed by atoms with Crippen molar-refractivity contribution in [2.45, 2.75) is 6.92 Å². The molecule has 9 heterocycles. The second kappa shape index (κ2) is 21.5. The van der Waals surface area contributed by atoms with Gasteiger partial charge in [0.1, 0.15) is 35.3 Å². The van der Waals surface area contributed by atoms with Crippen molar-refractivity contribution in [2.24, 2.45) is 0 Å². The summed E-state index contributed by atoms with van der Waals surface area (Å²) in [5.41, 5.74) is 11.2. The minimum Gasteiger partial charge on any atom is -0.482 e. The largest absolute Gasteiger partial charge is 0.737 e. The predicted molar refractivity (Wildman–Crippen MR) is 302 cm³/mol. The molecule has 0 radical (unpaired) electrons. The molecule has 0 spiro atoms. The van der Waals surface area contributed by atoms with Crippen LogP contribution in [-0.4, -0.2) is 106 Å². The number of aryl methyl sites for hydroxylation is 1. The van der Waals surface area contributed by atoms with Crippen LogP contribution in [0, 0.1) is 6.92 Å². The number of aromatic nitrogens is 5. The van der Waals surface area contributed by atoms with E-state index >= 15 is 8.63 Å². The van der Waals surface area contributed by atoms with Crippen LogP contribution in [0.1, 0.15) is 21.7 Å². The second-order valence-corrected chi connectivity index (χ2v) is 22.8. The van der Waals surface area contributed by atoms with Crippen LogP contribution in [0.3, 0.4) is 0 Å². The highest BCUT2D eigenvalue weighted by atomic mass is 32.1. The van der Waals surface area contributed by atoms with Crippen LogP contribution in [0.25, 0.3) is 80.0 Å². The van der Waals surface area contributed by atoms with Crippen molar-refractivity contribution in [3.8, 4) is 62.5 Å². The zero-order chi connectivity index (χ0) is 51.0. The summed E-state index contributed by atoms with van der Waals surface area (Å²) in [6, 6.07) is 35.8. The highest BCUT2D eigenvalue weighted by Crippen LogP contribution is 2.48. The van der Waals surface area contributed by atoms with Gasteiger partial charge in [-0.05, 0) is 73.2 Å². The molecule has 0 saturated heterocycles. The molecule has 7 aromatic heterocycles. The molecule has 21 heteroatoms. The Morgan fingerprint density at radius 3 is 1.47 bits per heavy atom. The Morgan fingerprint density at radius 2 is 0.933 bits per heavy atom. The Balaban J connectivity index is 0.856. The molecule has 0 N–H and O–H groups in total. The molecular weight excluding hydrogens is 1070 g/mol. The summed E-state index contributed by atoms with van der Waals surface area (Å²) in [7, 11) is 3.29. The SMILES string of the molecule is COCCOCCOc1ccc(-c2ccc(-c3ccc(C4=[N+]5C(=C(c6ccc(C)cc6)c6ccc(-c7ccc(-c8ccc(-c9ccc(OCCOCCOC)s9)c9nsnc89)s7)n6[B-]5(F)F)C=C4)s3)c3nsnc23)s1. The maximum absolute atomic E-state index is 18.1. The van der Waals surface area contributed by atoms with Crippen molar-refractivity contribution in [3.63, 3.8) is 0 Å². The lowest BCUT2D eigenvalue weighted by Crippen LogP contribution is -2.51. The van der Waals surface area contributed by atoms with Crippen LogP contribution in [0.2, 0.25) is 0 Å². The van der Waals surface area contributed by atoms with Crippen molar-refractivity contribution in [1.29, 1.82) is 0 Å². The van der Waals surface area contributed by atoms with Crippen molar-refractivity contribution in [3.05, 3.63) is 149 Å². The number of halogens is 2. The first kappa shape index (κ1) is 49.8. The highest BCUT2D eigenvalue weighted by molar-refractivity contribution is 7.19. The maximum atomic E-state index is 18.1. The molecule has 12 nitrogen and oxygen atoms in total. The quantitative estimate of drug-likeness (QED) is 0.0509. The molecule has 0 atom stereocenters. The number of fused-ring (bicyclic) bond motifs is 4. The van der Waals surface area contributed by atoms with E-state index in [1.807, 2.05) is 116 Å². The molecule has 380 valence electrons. The Kier molecular flexibility index (Phi) is 14.3. The van der Waals surface area contributed by atoms with Crippen LogP contribution in [0.5, 0.6) is 10.1 Å². The summed E-state index contributed by atoms with van der Waals surface area (Å²) < 4.78 is 90.8. The lowest BCUT2D eigenvalue weighted by Gasteiger charge is -2.33. The third-order valence-electron chi connectivity index (χ3n) is 12.9.